The van der Waals surface area contributed by atoms with Crippen molar-refractivity contribution in [3.8, 4) is 11.6 Å². The molecule has 0 amide bonds. The highest BCUT2D eigenvalue weighted by Crippen LogP contribution is 2.31. The first-order valence-corrected chi connectivity index (χ1v) is 7.43. The monoisotopic (exact) mass is 364 g/mol. The fourth-order valence-electron chi connectivity index (χ4n) is 1.38. The molecule has 2 rings (SSSR count). The molecule has 1 aromatic carbocycles. The maximum atomic E-state index is 13.6. The molecule has 0 aliphatic carbocycles. The van der Waals surface area contributed by atoms with Crippen molar-refractivity contribution in [2.45, 2.75) is 4.90 Å². The summed E-state index contributed by atoms with van der Waals surface area (Å²) < 4.78 is 54.7. The van der Waals surface area contributed by atoms with Crippen LogP contribution in [0.5, 0.6) is 11.6 Å². The summed E-state index contributed by atoms with van der Waals surface area (Å²) in [6, 6.07) is 4.51. The van der Waals surface area contributed by atoms with Gasteiger partial charge in [0.05, 0.1) is 0 Å². The Hall–Kier alpha value is -1.58. The third-order valence-corrected chi connectivity index (χ3v) is 3.59. The average Bonchev–Trinajstić information content (AvgIpc) is 2.34. The van der Waals surface area contributed by atoms with E-state index in [-0.39, 0.29) is 4.47 Å². The molecule has 0 radical (unpaired) electrons. The Labute approximate surface area is 121 Å². The number of nitrogens with two attached hydrogens (primary N) is 1. The van der Waals surface area contributed by atoms with E-state index in [0.717, 1.165) is 18.2 Å². The van der Waals surface area contributed by atoms with Gasteiger partial charge in [0.2, 0.25) is 21.7 Å². The normalized spacial score (nSPS) is 11.4. The summed E-state index contributed by atoms with van der Waals surface area (Å²) in [6.07, 6.45) is 1.23. The van der Waals surface area contributed by atoms with Gasteiger partial charge in [-0.25, -0.2) is 22.9 Å². The standard InChI is InChI=1S/C11H7BrF2N2O3S/c12-6-4-7(13)10(14)8(5-6)19-11-9(20(15,17)18)2-1-3-16-11/h1-5H,(H2,15,17,18). The molecule has 2 N–H and O–H groups in total. The van der Waals surface area contributed by atoms with Gasteiger partial charge in [-0.1, -0.05) is 15.9 Å². The maximum Gasteiger partial charge on any atom is 0.243 e. The highest BCUT2D eigenvalue weighted by molar-refractivity contribution is 9.10. The Morgan fingerprint density at radius 3 is 2.65 bits per heavy atom. The van der Waals surface area contributed by atoms with Crippen LogP contribution in [0.25, 0.3) is 0 Å². The summed E-state index contributed by atoms with van der Waals surface area (Å²) in [5, 5.41) is 4.98. The third kappa shape index (κ3) is 3.11. The number of primary sulfonamides is 1. The summed E-state index contributed by atoms with van der Waals surface area (Å²) in [7, 11) is -4.10. The molecule has 0 aliphatic rings. The largest absolute Gasteiger partial charge is 0.434 e. The lowest BCUT2D eigenvalue weighted by Crippen LogP contribution is -2.14. The van der Waals surface area contributed by atoms with Gasteiger partial charge in [-0.15, -0.1) is 0 Å². The van der Waals surface area contributed by atoms with Gasteiger partial charge < -0.3 is 4.74 Å². The topological polar surface area (TPSA) is 82.3 Å². The second-order valence-electron chi connectivity index (χ2n) is 3.65. The number of ether oxygens (including phenoxy) is 1. The van der Waals surface area contributed by atoms with Crippen LogP contribution in [-0.2, 0) is 10.0 Å². The number of aromatic nitrogens is 1. The molecular formula is C11H7BrF2N2O3S. The zero-order valence-corrected chi connectivity index (χ0v) is 12.1. The Bertz CT molecular complexity index is 768. The van der Waals surface area contributed by atoms with Crippen LogP contribution < -0.4 is 9.88 Å². The second kappa shape index (κ2) is 5.43. The summed E-state index contributed by atoms with van der Waals surface area (Å²) in [4.78, 5) is 3.22. The van der Waals surface area contributed by atoms with E-state index in [1.807, 2.05) is 0 Å². The Morgan fingerprint density at radius 1 is 1.30 bits per heavy atom. The van der Waals surface area contributed by atoms with Crippen molar-refractivity contribution in [3.63, 3.8) is 0 Å². The van der Waals surface area contributed by atoms with Crippen molar-refractivity contribution in [3.05, 3.63) is 46.6 Å². The highest BCUT2D eigenvalue weighted by atomic mass is 79.9. The summed E-state index contributed by atoms with van der Waals surface area (Å²) in [5.41, 5.74) is 0. The number of sulfonamides is 1. The number of halogens is 3. The van der Waals surface area contributed by atoms with E-state index in [1.54, 1.807) is 0 Å². The molecule has 0 fully saturated rings. The molecule has 0 bridgehead atoms. The quantitative estimate of drug-likeness (QED) is 0.848. The van der Waals surface area contributed by atoms with Gasteiger partial charge in [0.25, 0.3) is 0 Å². The summed E-state index contributed by atoms with van der Waals surface area (Å²) >= 11 is 2.97. The van der Waals surface area contributed by atoms with Crippen LogP contribution in [0, 0.1) is 11.6 Å². The first kappa shape index (κ1) is 14.8. The number of benzene rings is 1. The van der Waals surface area contributed by atoms with Gasteiger partial charge in [0, 0.05) is 10.7 Å². The van der Waals surface area contributed by atoms with E-state index in [1.165, 1.54) is 12.3 Å². The average molecular weight is 365 g/mol. The molecule has 1 aromatic heterocycles. The van der Waals surface area contributed by atoms with Crippen LogP contribution in [0.3, 0.4) is 0 Å². The zero-order chi connectivity index (χ0) is 14.9. The van der Waals surface area contributed by atoms with Crippen molar-refractivity contribution >= 4 is 26.0 Å². The number of pyridine rings is 1. The van der Waals surface area contributed by atoms with Crippen LogP contribution in [-0.4, -0.2) is 13.4 Å². The Kier molecular flexibility index (Phi) is 4.02. The first-order chi connectivity index (χ1) is 9.29. The van der Waals surface area contributed by atoms with Crippen LogP contribution in [0.1, 0.15) is 0 Å². The fourth-order valence-corrected chi connectivity index (χ4v) is 2.39. The van der Waals surface area contributed by atoms with E-state index in [4.69, 9.17) is 9.88 Å². The molecular weight excluding hydrogens is 358 g/mol. The second-order valence-corrected chi connectivity index (χ2v) is 6.10. The molecule has 9 heteroatoms. The van der Waals surface area contributed by atoms with Gasteiger partial charge >= 0.3 is 0 Å². The molecule has 0 saturated carbocycles. The summed E-state index contributed by atoms with van der Waals surface area (Å²) in [5.74, 6) is -3.37. The number of hydrogen-bond donors (Lipinski definition) is 1. The van der Waals surface area contributed by atoms with Gasteiger partial charge in [-0.2, -0.15) is 4.39 Å². The number of hydrogen-bond acceptors (Lipinski definition) is 4. The molecule has 0 unspecified atom stereocenters. The van der Waals surface area contributed by atoms with Crippen molar-refractivity contribution in [1.82, 2.24) is 4.98 Å². The van der Waals surface area contributed by atoms with Gasteiger partial charge in [0.1, 0.15) is 4.90 Å². The predicted octanol–water partition coefficient (Wildman–Crippen LogP) is 2.56. The number of nitrogens with zero attached hydrogens (tertiary/aromatic N) is 1. The minimum absolute atomic E-state index is 0.222. The number of rotatable bonds is 3. The van der Waals surface area contributed by atoms with E-state index in [2.05, 4.69) is 20.9 Å². The zero-order valence-electron chi connectivity index (χ0n) is 9.68. The van der Waals surface area contributed by atoms with Crippen LogP contribution in [0.15, 0.2) is 39.8 Å². The van der Waals surface area contributed by atoms with Crippen molar-refractivity contribution < 1.29 is 21.9 Å². The molecule has 5 nitrogen and oxygen atoms in total. The molecule has 1 heterocycles. The van der Waals surface area contributed by atoms with Crippen LogP contribution >= 0.6 is 15.9 Å². The molecule has 0 spiro atoms. The highest BCUT2D eigenvalue weighted by Gasteiger charge is 2.19. The Balaban J connectivity index is 2.52. The van der Waals surface area contributed by atoms with E-state index >= 15 is 0 Å². The van der Waals surface area contributed by atoms with Gasteiger partial charge in [0.15, 0.2) is 11.6 Å². The van der Waals surface area contributed by atoms with Crippen molar-refractivity contribution in [2.24, 2.45) is 5.14 Å². The van der Waals surface area contributed by atoms with E-state index in [9.17, 15) is 17.2 Å². The van der Waals surface area contributed by atoms with Crippen LogP contribution in [0.4, 0.5) is 8.78 Å². The molecule has 0 atom stereocenters. The first-order valence-electron chi connectivity index (χ1n) is 5.09. The maximum absolute atomic E-state index is 13.6. The Morgan fingerprint density at radius 2 is 2.00 bits per heavy atom. The third-order valence-electron chi connectivity index (χ3n) is 2.21. The predicted molar refractivity (Wildman–Crippen MR) is 69.7 cm³/mol. The van der Waals surface area contributed by atoms with E-state index in [0.29, 0.717) is 0 Å². The summed E-state index contributed by atoms with van der Waals surface area (Å²) in [6.45, 7) is 0. The van der Waals surface area contributed by atoms with Gasteiger partial charge in [-0.3, -0.25) is 0 Å². The van der Waals surface area contributed by atoms with E-state index < -0.39 is 38.2 Å². The van der Waals surface area contributed by atoms with Gasteiger partial charge in [-0.05, 0) is 24.3 Å². The smallest absolute Gasteiger partial charge is 0.243 e. The molecule has 20 heavy (non-hydrogen) atoms. The molecule has 0 saturated heterocycles. The van der Waals surface area contributed by atoms with Crippen molar-refractivity contribution in [1.29, 1.82) is 0 Å². The molecule has 2 aromatic rings. The van der Waals surface area contributed by atoms with Crippen molar-refractivity contribution in [2.75, 3.05) is 0 Å². The molecule has 106 valence electrons. The minimum Gasteiger partial charge on any atom is -0.434 e. The fraction of sp³-hybridized carbons (Fsp3) is 0. The lowest BCUT2D eigenvalue weighted by molar-refractivity contribution is 0.396. The lowest BCUT2D eigenvalue weighted by atomic mass is 10.3. The minimum atomic E-state index is -4.10. The molecule has 0 aliphatic heterocycles. The lowest BCUT2D eigenvalue weighted by Gasteiger charge is -2.09. The SMILES string of the molecule is NS(=O)(=O)c1cccnc1Oc1cc(Br)cc(F)c1F. The van der Waals surface area contributed by atoms with Crippen LogP contribution in [0.2, 0.25) is 0 Å².